The van der Waals surface area contributed by atoms with Crippen molar-refractivity contribution in [2.24, 2.45) is 0 Å². The summed E-state index contributed by atoms with van der Waals surface area (Å²) in [4.78, 5) is 30.7. The monoisotopic (exact) mass is 475 g/mol. The maximum atomic E-state index is 14.2. The van der Waals surface area contributed by atoms with Gasteiger partial charge in [-0.15, -0.1) is 0 Å². The van der Waals surface area contributed by atoms with Crippen LogP contribution in [-0.2, 0) is 18.7 Å². The van der Waals surface area contributed by atoms with Crippen molar-refractivity contribution in [1.82, 2.24) is 14.9 Å². The lowest BCUT2D eigenvalue weighted by molar-refractivity contribution is 0.0943. The van der Waals surface area contributed by atoms with Crippen LogP contribution in [0.25, 0.3) is 10.9 Å². The maximum absolute atomic E-state index is 14.2. The molecular formula is C27H26FN3O2S. The highest BCUT2D eigenvalue weighted by molar-refractivity contribution is 7.98. The average molecular weight is 476 g/mol. The summed E-state index contributed by atoms with van der Waals surface area (Å²) in [7, 11) is 0. The normalized spacial score (nSPS) is 11.2. The fourth-order valence-corrected chi connectivity index (χ4v) is 4.65. The summed E-state index contributed by atoms with van der Waals surface area (Å²) in [6.45, 7) is 4.22. The number of aromatic nitrogens is 2. The third-order valence-corrected chi connectivity index (χ3v) is 6.41. The number of thioether (sulfide) groups is 1. The van der Waals surface area contributed by atoms with Crippen LogP contribution in [0.4, 0.5) is 4.39 Å². The summed E-state index contributed by atoms with van der Waals surface area (Å²) in [5, 5.41) is 3.81. The molecule has 1 amide bonds. The molecule has 4 aromatic rings. The summed E-state index contributed by atoms with van der Waals surface area (Å²) in [5.41, 5.74) is 2.38. The summed E-state index contributed by atoms with van der Waals surface area (Å²) in [6.07, 6.45) is 0.663. The Morgan fingerprint density at radius 2 is 1.79 bits per heavy atom. The van der Waals surface area contributed by atoms with Crippen LogP contribution < -0.4 is 10.9 Å². The van der Waals surface area contributed by atoms with Gasteiger partial charge in [-0.3, -0.25) is 14.2 Å². The highest BCUT2D eigenvalue weighted by Gasteiger charge is 2.15. The molecule has 3 aromatic carbocycles. The van der Waals surface area contributed by atoms with Gasteiger partial charge in [-0.2, -0.15) is 0 Å². The number of hydrogen-bond donors (Lipinski definition) is 1. The molecule has 0 saturated carbocycles. The van der Waals surface area contributed by atoms with E-state index < -0.39 is 0 Å². The Kier molecular flexibility index (Phi) is 7.43. The molecule has 0 atom stereocenters. The van der Waals surface area contributed by atoms with Crippen LogP contribution >= 0.6 is 11.8 Å². The zero-order valence-electron chi connectivity index (χ0n) is 19.1. The van der Waals surface area contributed by atoms with Gasteiger partial charge in [0.05, 0.1) is 10.9 Å². The van der Waals surface area contributed by atoms with Gasteiger partial charge in [0.15, 0.2) is 5.16 Å². The van der Waals surface area contributed by atoms with E-state index in [2.05, 4.69) is 5.32 Å². The fourth-order valence-electron chi connectivity index (χ4n) is 3.64. The molecule has 0 unspecified atom stereocenters. The number of halogens is 1. The average Bonchev–Trinajstić information content (AvgIpc) is 2.83. The SMILES string of the molecule is CC(C)NC(=O)c1ccc2c(=O)n(CCc3ccccc3)c(SCc3ccccc3F)nc2c1. The highest BCUT2D eigenvalue weighted by atomic mass is 32.2. The Morgan fingerprint density at radius 1 is 1.06 bits per heavy atom. The number of nitrogens with one attached hydrogen (secondary N) is 1. The predicted molar refractivity (Wildman–Crippen MR) is 135 cm³/mol. The quantitative estimate of drug-likeness (QED) is 0.281. The van der Waals surface area contributed by atoms with Gasteiger partial charge in [0.2, 0.25) is 0 Å². The summed E-state index contributed by atoms with van der Waals surface area (Å²) >= 11 is 1.31. The van der Waals surface area contributed by atoms with Gasteiger partial charge in [0.25, 0.3) is 11.5 Å². The molecule has 1 N–H and O–H groups in total. The van der Waals surface area contributed by atoms with E-state index in [1.54, 1.807) is 41.0 Å². The van der Waals surface area contributed by atoms with E-state index in [0.717, 1.165) is 5.56 Å². The van der Waals surface area contributed by atoms with Gasteiger partial charge in [-0.05, 0) is 55.7 Å². The lowest BCUT2D eigenvalue weighted by Gasteiger charge is -2.14. The lowest BCUT2D eigenvalue weighted by Crippen LogP contribution is -2.30. The number of carbonyl (C=O) groups excluding carboxylic acids is 1. The number of nitrogens with zero attached hydrogens (tertiary/aromatic N) is 2. The maximum Gasteiger partial charge on any atom is 0.262 e. The highest BCUT2D eigenvalue weighted by Crippen LogP contribution is 2.24. The first-order valence-corrected chi connectivity index (χ1v) is 12.2. The third kappa shape index (κ3) is 5.54. The Balaban J connectivity index is 1.72. The second kappa shape index (κ2) is 10.7. The predicted octanol–water partition coefficient (Wildman–Crippen LogP) is 5.21. The lowest BCUT2D eigenvalue weighted by atomic mass is 10.1. The van der Waals surface area contributed by atoms with Gasteiger partial charge >= 0.3 is 0 Å². The number of hydrogen-bond acceptors (Lipinski definition) is 4. The van der Waals surface area contributed by atoms with Crippen molar-refractivity contribution >= 4 is 28.6 Å². The first-order chi connectivity index (χ1) is 16.4. The largest absolute Gasteiger partial charge is 0.350 e. The van der Waals surface area contributed by atoms with Crippen molar-refractivity contribution in [1.29, 1.82) is 0 Å². The molecule has 0 radical (unpaired) electrons. The van der Waals surface area contributed by atoms with Crippen LogP contribution in [0.3, 0.4) is 0 Å². The smallest absolute Gasteiger partial charge is 0.262 e. The molecular weight excluding hydrogens is 449 g/mol. The molecule has 0 aliphatic heterocycles. The standard InChI is InChI=1S/C27H26FN3O2S/c1-18(2)29-25(32)20-12-13-22-24(16-20)30-27(34-17-21-10-6-7-11-23(21)28)31(26(22)33)15-14-19-8-4-3-5-9-19/h3-13,16,18H,14-15,17H2,1-2H3,(H,29,32). The number of rotatable bonds is 8. The Bertz CT molecular complexity index is 1370. The molecule has 0 bridgehead atoms. The minimum Gasteiger partial charge on any atom is -0.350 e. The van der Waals surface area contributed by atoms with Gasteiger partial charge < -0.3 is 5.32 Å². The van der Waals surface area contributed by atoms with Gasteiger partial charge in [-0.1, -0.05) is 60.3 Å². The summed E-state index contributed by atoms with van der Waals surface area (Å²) in [6, 6.07) is 21.5. The second-order valence-corrected chi connectivity index (χ2v) is 9.27. The van der Waals surface area contributed by atoms with Gasteiger partial charge in [0, 0.05) is 23.9 Å². The van der Waals surface area contributed by atoms with Crippen molar-refractivity contribution in [2.45, 2.75) is 43.8 Å². The third-order valence-electron chi connectivity index (χ3n) is 5.38. The van der Waals surface area contributed by atoms with E-state index in [1.165, 1.54) is 17.8 Å². The molecule has 7 heteroatoms. The molecule has 174 valence electrons. The molecule has 1 aromatic heterocycles. The minimum absolute atomic E-state index is 0.00553. The summed E-state index contributed by atoms with van der Waals surface area (Å²) < 4.78 is 15.8. The summed E-state index contributed by atoms with van der Waals surface area (Å²) in [5.74, 6) is -0.169. The van der Waals surface area contributed by atoms with E-state index in [4.69, 9.17) is 4.98 Å². The zero-order valence-corrected chi connectivity index (χ0v) is 19.9. The number of aryl methyl sites for hydroxylation is 1. The van der Waals surface area contributed by atoms with Crippen molar-refractivity contribution < 1.29 is 9.18 Å². The van der Waals surface area contributed by atoms with E-state index in [9.17, 15) is 14.0 Å². The Hall–Kier alpha value is -3.45. The van der Waals surface area contributed by atoms with Crippen LogP contribution in [-0.4, -0.2) is 21.5 Å². The van der Waals surface area contributed by atoms with Gasteiger partial charge in [-0.25, -0.2) is 9.37 Å². The van der Waals surface area contributed by atoms with Crippen LogP contribution in [0.15, 0.2) is 82.7 Å². The van der Waals surface area contributed by atoms with Crippen molar-refractivity contribution in [3.63, 3.8) is 0 Å². The number of carbonyl (C=O) groups is 1. The first-order valence-electron chi connectivity index (χ1n) is 11.2. The fraction of sp³-hybridized carbons (Fsp3) is 0.222. The molecule has 0 aliphatic carbocycles. The van der Waals surface area contributed by atoms with Crippen LogP contribution in [0.2, 0.25) is 0 Å². The second-order valence-electron chi connectivity index (χ2n) is 8.33. The van der Waals surface area contributed by atoms with E-state index in [0.29, 0.717) is 45.9 Å². The molecule has 5 nitrogen and oxygen atoms in total. The van der Waals surface area contributed by atoms with E-state index in [-0.39, 0.29) is 23.3 Å². The topological polar surface area (TPSA) is 64.0 Å². The number of fused-ring (bicyclic) bond motifs is 1. The van der Waals surface area contributed by atoms with Crippen molar-refractivity contribution in [2.75, 3.05) is 0 Å². The first kappa shape index (κ1) is 23.7. The van der Waals surface area contributed by atoms with Crippen molar-refractivity contribution in [3.8, 4) is 0 Å². The van der Waals surface area contributed by atoms with E-state index >= 15 is 0 Å². The Labute approximate surface area is 202 Å². The van der Waals surface area contributed by atoms with E-state index in [1.807, 2.05) is 44.2 Å². The molecule has 34 heavy (non-hydrogen) atoms. The molecule has 1 heterocycles. The van der Waals surface area contributed by atoms with Gasteiger partial charge in [0.1, 0.15) is 5.82 Å². The van der Waals surface area contributed by atoms with Crippen LogP contribution in [0.1, 0.15) is 35.3 Å². The number of benzene rings is 3. The molecule has 0 fully saturated rings. The number of amides is 1. The molecule has 0 saturated heterocycles. The van der Waals surface area contributed by atoms with Crippen LogP contribution in [0.5, 0.6) is 0 Å². The van der Waals surface area contributed by atoms with Crippen molar-refractivity contribution in [3.05, 3.63) is 106 Å². The molecule has 0 spiro atoms. The van der Waals surface area contributed by atoms with Crippen LogP contribution in [0, 0.1) is 5.82 Å². The molecule has 4 rings (SSSR count). The zero-order chi connectivity index (χ0) is 24.1. The minimum atomic E-state index is -0.290. The Morgan fingerprint density at radius 3 is 2.53 bits per heavy atom. The molecule has 0 aliphatic rings.